The van der Waals surface area contributed by atoms with Gasteiger partial charge in [-0.25, -0.2) is 9.97 Å². The number of nitrogens with zero attached hydrogens (tertiary/aromatic N) is 2. The molecule has 0 unspecified atom stereocenters. The maximum atomic E-state index is 4.60. The van der Waals surface area contributed by atoms with Crippen molar-refractivity contribution in [2.75, 3.05) is 0 Å². The van der Waals surface area contributed by atoms with Crippen molar-refractivity contribution in [3.05, 3.63) is 46.4 Å². The molecule has 0 amide bonds. The Labute approximate surface area is 82.0 Å². The van der Waals surface area contributed by atoms with E-state index in [1.165, 1.54) is 0 Å². The summed E-state index contributed by atoms with van der Waals surface area (Å²) in [6.07, 6.45) is 14.2. The normalized spacial score (nSPS) is 16.6. The van der Waals surface area contributed by atoms with E-state index in [0.717, 1.165) is 34.9 Å². The lowest BCUT2D eigenvalue weighted by atomic mass is 10.1. The molecule has 0 spiro atoms. The van der Waals surface area contributed by atoms with Crippen LogP contribution >= 0.6 is 0 Å². The Balaban J connectivity index is 2.35. The van der Waals surface area contributed by atoms with E-state index >= 15 is 0 Å². The van der Waals surface area contributed by atoms with Gasteiger partial charge in [0, 0.05) is 12.8 Å². The van der Waals surface area contributed by atoms with Gasteiger partial charge in [-0.15, -0.1) is 0 Å². The van der Waals surface area contributed by atoms with Crippen LogP contribution in [-0.4, -0.2) is 9.97 Å². The van der Waals surface area contributed by atoms with Crippen LogP contribution in [0.25, 0.3) is 12.2 Å². The van der Waals surface area contributed by atoms with E-state index in [2.05, 4.69) is 22.1 Å². The average Bonchev–Trinajstić information content (AvgIpc) is 2.26. The Bertz CT molecular complexity index is 499. The highest BCUT2D eigenvalue weighted by Gasteiger charge is 2.05. The third-order valence-corrected chi connectivity index (χ3v) is 2.50. The van der Waals surface area contributed by atoms with Gasteiger partial charge in [-0.05, 0) is 12.2 Å². The van der Waals surface area contributed by atoms with Crippen molar-refractivity contribution in [2.24, 2.45) is 0 Å². The summed E-state index contributed by atoms with van der Waals surface area (Å²) in [6, 6.07) is 0. The fourth-order valence-electron chi connectivity index (χ4n) is 1.78. The molecule has 2 heteroatoms. The highest BCUT2D eigenvalue weighted by molar-refractivity contribution is 5.43. The molecule has 2 nitrogen and oxygen atoms in total. The van der Waals surface area contributed by atoms with Gasteiger partial charge in [0.15, 0.2) is 0 Å². The number of rotatable bonds is 0. The van der Waals surface area contributed by atoms with Crippen LogP contribution in [0.15, 0.2) is 24.3 Å². The minimum Gasteiger partial charge on any atom is -0.249 e. The molecule has 0 bridgehead atoms. The zero-order chi connectivity index (χ0) is 9.38. The number of hydrogen-bond donors (Lipinski definition) is 0. The van der Waals surface area contributed by atoms with Crippen LogP contribution in [0, 0.1) is 0 Å². The summed E-state index contributed by atoms with van der Waals surface area (Å²) in [5.41, 5.74) is 2.19. The molecule has 68 valence electrons. The second kappa shape index (κ2) is 2.91. The van der Waals surface area contributed by atoms with Gasteiger partial charge in [0.1, 0.15) is 0 Å². The highest BCUT2D eigenvalue weighted by atomic mass is 14.8. The Morgan fingerprint density at radius 2 is 1.29 bits per heavy atom. The Hall–Kier alpha value is -1.70. The zero-order valence-electron chi connectivity index (χ0n) is 7.77. The summed E-state index contributed by atoms with van der Waals surface area (Å²) in [5.74, 6) is 0. The van der Waals surface area contributed by atoms with Crippen LogP contribution in [0.3, 0.4) is 0 Å². The minimum atomic E-state index is 0.906. The Morgan fingerprint density at radius 3 is 1.79 bits per heavy atom. The fourth-order valence-corrected chi connectivity index (χ4v) is 1.78. The van der Waals surface area contributed by atoms with Crippen LogP contribution in [-0.2, 0) is 12.8 Å². The quantitative estimate of drug-likeness (QED) is 0.575. The molecular weight excluding hydrogens is 172 g/mol. The minimum absolute atomic E-state index is 0.906. The topological polar surface area (TPSA) is 25.8 Å². The van der Waals surface area contributed by atoms with Crippen molar-refractivity contribution in [3.8, 4) is 0 Å². The molecule has 14 heavy (non-hydrogen) atoms. The molecular formula is C12H10N2. The van der Waals surface area contributed by atoms with Gasteiger partial charge >= 0.3 is 0 Å². The Morgan fingerprint density at radius 1 is 0.786 bits per heavy atom. The Kier molecular flexibility index (Phi) is 1.60. The molecule has 0 fully saturated rings. The lowest BCUT2D eigenvalue weighted by Crippen LogP contribution is -2.30. The maximum Gasteiger partial charge on any atom is 0.0852 e. The molecule has 0 atom stereocenters. The van der Waals surface area contributed by atoms with Crippen molar-refractivity contribution >= 4 is 12.2 Å². The third kappa shape index (κ3) is 1.11. The smallest absolute Gasteiger partial charge is 0.0852 e. The van der Waals surface area contributed by atoms with E-state index < -0.39 is 0 Å². The maximum absolute atomic E-state index is 4.60. The van der Waals surface area contributed by atoms with Crippen molar-refractivity contribution in [2.45, 2.75) is 12.8 Å². The summed E-state index contributed by atoms with van der Waals surface area (Å²) >= 11 is 0. The first-order chi connectivity index (χ1) is 6.93. The second-order valence-electron chi connectivity index (χ2n) is 3.49. The number of aromatic nitrogens is 2. The standard InChI is InChI=1S/C12H10N2/c1-2-6-10-9(5-1)13-11-7-3-4-8-12(11)14-10/h1-5,8H,6-7H2. The van der Waals surface area contributed by atoms with E-state index in [1.54, 1.807) is 0 Å². The number of allylic oxidation sites excluding steroid dienone is 4. The molecule has 1 aromatic rings. The first kappa shape index (κ1) is 7.68. The van der Waals surface area contributed by atoms with E-state index in [1.807, 2.05) is 24.3 Å². The first-order valence-corrected chi connectivity index (χ1v) is 4.83. The van der Waals surface area contributed by atoms with Gasteiger partial charge in [-0.2, -0.15) is 0 Å². The monoisotopic (exact) mass is 182 g/mol. The largest absolute Gasteiger partial charge is 0.249 e. The first-order valence-electron chi connectivity index (χ1n) is 4.83. The van der Waals surface area contributed by atoms with Crippen LogP contribution in [0.2, 0.25) is 0 Å². The van der Waals surface area contributed by atoms with E-state index in [-0.39, 0.29) is 0 Å². The second-order valence-corrected chi connectivity index (χ2v) is 3.49. The van der Waals surface area contributed by atoms with Crippen LogP contribution < -0.4 is 10.7 Å². The van der Waals surface area contributed by atoms with Crippen molar-refractivity contribution in [1.29, 1.82) is 0 Å². The predicted octanol–water partition coefficient (Wildman–Crippen LogP) is 0.262. The van der Waals surface area contributed by atoms with Gasteiger partial charge in [-0.1, -0.05) is 24.3 Å². The molecule has 2 aliphatic carbocycles. The lowest BCUT2D eigenvalue weighted by Gasteiger charge is -2.06. The molecule has 0 aromatic carbocycles. The highest BCUT2D eigenvalue weighted by Crippen LogP contribution is 1.98. The third-order valence-electron chi connectivity index (χ3n) is 2.50. The van der Waals surface area contributed by atoms with E-state index in [0.29, 0.717) is 0 Å². The molecule has 0 saturated heterocycles. The SMILES string of the molecule is C1=CCc2nc3c(nc2=C1)CC=CC=3. The molecule has 1 heterocycles. The predicted molar refractivity (Wildman–Crippen MR) is 55.9 cm³/mol. The summed E-state index contributed by atoms with van der Waals surface area (Å²) in [6.45, 7) is 0. The number of hydrogen-bond acceptors (Lipinski definition) is 2. The van der Waals surface area contributed by atoms with Crippen molar-refractivity contribution < 1.29 is 0 Å². The van der Waals surface area contributed by atoms with Gasteiger partial charge in [-0.3, -0.25) is 0 Å². The number of fused-ring (bicyclic) bond motifs is 2. The molecule has 3 rings (SSSR count). The molecule has 0 radical (unpaired) electrons. The van der Waals surface area contributed by atoms with Crippen LogP contribution in [0.4, 0.5) is 0 Å². The van der Waals surface area contributed by atoms with Gasteiger partial charge in [0.25, 0.3) is 0 Å². The average molecular weight is 182 g/mol. The fraction of sp³-hybridized carbons (Fsp3) is 0.167. The summed E-state index contributed by atoms with van der Waals surface area (Å²) in [5, 5.41) is 2.07. The molecule has 2 aliphatic rings. The molecule has 0 saturated carbocycles. The lowest BCUT2D eigenvalue weighted by molar-refractivity contribution is 0.918. The van der Waals surface area contributed by atoms with E-state index in [9.17, 15) is 0 Å². The molecule has 0 N–H and O–H groups in total. The van der Waals surface area contributed by atoms with Gasteiger partial charge in [0.2, 0.25) is 0 Å². The summed E-state index contributed by atoms with van der Waals surface area (Å²) in [7, 11) is 0. The van der Waals surface area contributed by atoms with Gasteiger partial charge < -0.3 is 0 Å². The van der Waals surface area contributed by atoms with E-state index in [4.69, 9.17) is 0 Å². The van der Waals surface area contributed by atoms with Crippen LogP contribution in [0.1, 0.15) is 11.4 Å². The summed E-state index contributed by atoms with van der Waals surface area (Å²) in [4.78, 5) is 9.20. The zero-order valence-corrected chi connectivity index (χ0v) is 7.77. The summed E-state index contributed by atoms with van der Waals surface area (Å²) < 4.78 is 0. The van der Waals surface area contributed by atoms with Crippen molar-refractivity contribution in [1.82, 2.24) is 9.97 Å². The van der Waals surface area contributed by atoms with Crippen LogP contribution in [0.5, 0.6) is 0 Å². The molecule has 0 aliphatic heterocycles. The molecule has 1 aromatic heterocycles. The van der Waals surface area contributed by atoms with Crippen molar-refractivity contribution in [3.63, 3.8) is 0 Å². The van der Waals surface area contributed by atoms with Gasteiger partial charge in [0.05, 0.1) is 22.1 Å².